The highest BCUT2D eigenvalue weighted by atomic mass is 19.3. The van der Waals surface area contributed by atoms with Gasteiger partial charge in [0, 0.05) is 0 Å². The lowest BCUT2D eigenvalue weighted by Crippen LogP contribution is -3.04. The van der Waals surface area contributed by atoms with Gasteiger partial charge in [-0.15, -0.1) is 0 Å². The Morgan fingerprint density at radius 2 is 0.875 bits per heavy atom. The number of alkyl halides is 11. The average molecular weight is 502 g/mol. The summed E-state index contributed by atoms with van der Waals surface area (Å²) >= 11 is 0. The molecule has 0 aromatic carbocycles. The van der Waals surface area contributed by atoms with Crippen molar-refractivity contribution in [3.63, 3.8) is 0 Å². The van der Waals surface area contributed by atoms with Gasteiger partial charge in [-0.1, -0.05) is 0 Å². The Labute approximate surface area is 164 Å². The van der Waals surface area contributed by atoms with Crippen molar-refractivity contribution >= 4 is 18.1 Å². The fourth-order valence-corrected chi connectivity index (χ4v) is 5.28. The van der Waals surface area contributed by atoms with Crippen LogP contribution in [0.15, 0.2) is 0 Å². The fraction of sp³-hybridized carbons (Fsp3) is 0.786. The highest BCUT2D eigenvalue weighted by Crippen LogP contribution is 2.89. The van der Waals surface area contributed by atoms with Crippen LogP contribution < -0.4 is 0 Å². The Balaban J connectivity index is 2.82. The highest BCUT2D eigenvalue weighted by Gasteiger charge is 3.16. The molecule has 0 aliphatic heterocycles. The molecular weight excluding hydrogens is 498 g/mol. The summed E-state index contributed by atoms with van der Waals surface area (Å²) in [5.74, 6) is -28.9. The molecule has 0 heterocycles. The summed E-state index contributed by atoms with van der Waals surface area (Å²) in [6, 6.07) is -13.8. The largest absolute Gasteiger partial charge is 0.328 e. The number of carbonyl (C=O) groups is 3. The Morgan fingerprint density at radius 3 is 1.12 bits per heavy atom. The summed E-state index contributed by atoms with van der Waals surface area (Å²) < 4.78 is 206. The van der Waals surface area contributed by atoms with Gasteiger partial charge in [-0.25, -0.2) is 48.3 Å². The summed E-state index contributed by atoms with van der Waals surface area (Å²) in [6.07, 6.45) is -11.8. The Hall–Kier alpha value is -2.01. The Kier molecular flexibility index (Phi) is 4.41. The molecule has 3 atom stereocenters. The molecule has 0 N–H and O–H groups in total. The van der Waals surface area contributed by atoms with Crippen LogP contribution in [-0.4, -0.2) is 66.6 Å². The summed E-state index contributed by atoms with van der Waals surface area (Å²) in [4.78, 5) is 33.7. The summed E-state index contributed by atoms with van der Waals surface area (Å²) in [6.45, 7) is -3.22. The average Bonchev–Trinajstić information content (AvgIpc) is 2.54. The lowest BCUT2D eigenvalue weighted by atomic mass is 9.30. The van der Waals surface area contributed by atoms with Crippen LogP contribution in [0.2, 0.25) is 0 Å². The molecule has 18 heteroatoms. The smallest absolute Gasteiger partial charge is 0.323 e. The normalized spacial score (nSPS) is 46.7. The lowest BCUT2D eigenvalue weighted by molar-refractivity contribution is -0.549. The summed E-state index contributed by atoms with van der Waals surface area (Å²) in [5.41, 5.74) is -26.7. The van der Waals surface area contributed by atoms with E-state index in [0.29, 0.717) is 0 Å². The first kappa shape index (κ1) is 24.6. The van der Waals surface area contributed by atoms with Crippen LogP contribution in [-0.2, 0) is 19.1 Å². The van der Waals surface area contributed by atoms with E-state index in [9.17, 15) is 75.8 Å². The zero-order chi connectivity index (χ0) is 25.3. The van der Waals surface area contributed by atoms with E-state index in [0.717, 1.165) is 0 Å². The maximum Gasteiger partial charge on any atom is 0.323 e. The molecule has 0 aromatic rings. The first-order chi connectivity index (χ1) is 14.2. The van der Waals surface area contributed by atoms with Crippen molar-refractivity contribution in [3.8, 4) is 0 Å². The second kappa shape index (κ2) is 5.72. The zero-order valence-corrected chi connectivity index (χ0v) is 14.3. The molecule has 0 spiro atoms. The van der Waals surface area contributed by atoms with Gasteiger partial charge in [-0.2, -0.15) is 13.2 Å². The number of hydrogen-bond acceptors (Lipinski definition) is 4. The monoisotopic (exact) mass is 502 g/mol. The van der Waals surface area contributed by atoms with Crippen LogP contribution in [0.25, 0.3) is 0 Å². The van der Waals surface area contributed by atoms with Crippen molar-refractivity contribution in [1.29, 1.82) is 0 Å². The minimum atomic E-state index is -7.30. The van der Waals surface area contributed by atoms with Gasteiger partial charge in [0.15, 0.2) is 19.2 Å². The minimum Gasteiger partial charge on any atom is -0.328 e. The maximum absolute atomic E-state index is 15.0. The van der Waals surface area contributed by atoms with Crippen molar-refractivity contribution < 1.29 is 80.6 Å². The van der Waals surface area contributed by atoms with E-state index < -0.39 is 82.9 Å². The topological polar surface area (TPSA) is 60.4 Å². The van der Waals surface area contributed by atoms with E-state index in [1.807, 2.05) is 0 Å². The van der Waals surface area contributed by atoms with E-state index in [4.69, 9.17) is 0 Å². The van der Waals surface area contributed by atoms with Crippen LogP contribution in [0.3, 0.4) is 0 Å². The molecule has 3 unspecified atom stereocenters. The van der Waals surface area contributed by atoms with E-state index in [1.165, 1.54) is 0 Å². The van der Waals surface area contributed by atoms with Gasteiger partial charge in [0.25, 0.3) is 11.8 Å². The van der Waals surface area contributed by atoms with Gasteiger partial charge in [0.1, 0.15) is 0 Å². The minimum absolute atomic E-state index is 3.01. The molecule has 0 amide bonds. The molecule has 182 valence electrons. The first-order valence-corrected chi connectivity index (χ1v) is 7.79. The molecule has 4 saturated carbocycles. The molecule has 0 aromatic heterocycles. The molecule has 4 aliphatic carbocycles. The van der Waals surface area contributed by atoms with Crippen molar-refractivity contribution in [3.05, 3.63) is 0 Å². The summed E-state index contributed by atoms with van der Waals surface area (Å²) in [7, 11) is 0. The molecule has 4 fully saturated rings. The molecule has 4 rings (SSSR count). The second-order valence-corrected chi connectivity index (χ2v) is 7.26. The van der Waals surface area contributed by atoms with Crippen molar-refractivity contribution in [2.24, 2.45) is 16.2 Å². The fourth-order valence-electron chi connectivity index (χ4n) is 5.28. The predicted molar refractivity (Wildman–Crippen MR) is 65.0 cm³/mol. The van der Waals surface area contributed by atoms with Crippen molar-refractivity contribution in [2.75, 3.05) is 6.86 Å². The van der Waals surface area contributed by atoms with Crippen LogP contribution in [0, 0.1) is 16.2 Å². The van der Waals surface area contributed by atoms with Crippen molar-refractivity contribution in [1.82, 2.24) is 0 Å². The van der Waals surface area contributed by atoms with E-state index >= 15 is 0 Å². The third kappa shape index (κ3) is 1.52. The Bertz CT molecular complexity index is 850. The first-order valence-electron chi connectivity index (χ1n) is 7.79. The van der Waals surface area contributed by atoms with Crippen molar-refractivity contribution in [2.45, 2.75) is 41.6 Å². The van der Waals surface area contributed by atoms with E-state index in [1.54, 1.807) is 0 Å². The van der Waals surface area contributed by atoms with Gasteiger partial charge in [-0.3, -0.25) is 14.4 Å². The Morgan fingerprint density at radius 1 is 0.594 bits per heavy atom. The van der Waals surface area contributed by atoms with Gasteiger partial charge >= 0.3 is 30.0 Å². The quantitative estimate of drug-likeness (QED) is 0.428. The van der Waals surface area contributed by atoms with Gasteiger partial charge in [0.2, 0.25) is 21.8 Å². The number of rotatable bonds is 5. The maximum atomic E-state index is 15.0. The highest BCUT2D eigenvalue weighted by molar-refractivity contribution is 5.95. The van der Waals surface area contributed by atoms with Gasteiger partial charge in [0.05, 0.1) is 0 Å². The standard InChI is InChI=1S/C14H4F14O4/c15-1-32-10-3(17)9(6(20)31)11(21,22)7(4(18)29,13(10,25)26)2(16)8(5(19)30,12(9,23)24)14(10,27)28/h2-3H,1H2. The van der Waals surface area contributed by atoms with Crippen LogP contribution >= 0.6 is 0 Å². The molecule has 4 aliphatic rings. The van der Waals surface area contributed by atoms with Gasteiger partial charge in [-0.05, 0) is 0 Å². The van der Waals surface area contributed by atoms with Crippen LogP contribution in [0.5, 0.6) is 0 Å². The molecule has 0 radical (unpaired) electrons. The molecule has 32 heavy (non-hydrogen) atoms. The third-order valence-corrected chi connectivity index (χ3v) is 6.61. The zero-order valence-electron chi connectivity index (χ0n) is 14.3. The third-order valence-electron chi connectivity index (χ3n) is 6.61. The number of hydrogen-bond donors (Lipinski definition) is 0. The molecule has 0 saturated heterocycles. The van der Waals surface area contributed by atoms with E-state index in [2.05, 4.69) is 4.74 Å². The van der Waals surface area contributed by atoms with E-state index in [-0.39, 0.29) is 0 Å². The number of halogens is 14. The molecular formula is C14H4F14O4. The number of ether oxygens (including phenoxy) is 1. The SMILES string of the molecule is O=C(F)C12C(F)C3(C(=O)F)C(F)(F)C(OCF)(C(F)C(C(=O)F)(C1(F)F)C3(F)F)C2(F)F. The lowest BCUT2D eigenvalue weighted by Gasteiger charge is -2.75. The van der Waals surface area contributed by atoms with Crippen LogP contribution in [0.1, 0.15) is 0 Å². The second-order valence-electron chi connectivity index (χ2n) is 7.26. The number of carbonyl (C=O) groups excluding carboxylic acids is 3. The molecule has 4 bridgehead atoms. The van der Waals surface area contributed by atoms with Gasteiger partial charge < -0.3 is 4.74 Å². The predicted octanol–water partition coefficient (Wildman–Crippen LogP) is 3.37. The van der Waals surface area contributed by atoms with Crippen LogP contribution in [0.4, 0.5) is 61.5 Å². The summed E-state index contributed by atoms with van der Waals surface area (Å²) in [5, 5.41) is 0. The molecule has 4 nitrogen and oxygen atoms in total.